The van der Waals surface area contributed by atoms with Crippen molar-refractivity contribution in [2.45, 2.75) is 53.9 Å². The van der Waals surface area contributed by atoms with Crippen LogP contribution in [0.4, 0.5) is 0 Å². The third-order valence-corrected chi connectivity index (χ3v) is 2.62. The molecule has 0 atom stereocenters. The van der Waals surface area contributed by atoms with Crippen molar-refractivity contribution in [1.82, 2.24) is 0 Å². The van der Waals surface area contributed by atoms with Gasteiger partial charge < -0.3 is 0 Å². The lowest BCUT2D eigenvalue weighted by atomic mass is 9.99. The van der Waals surface area contributed by atoms with E-state index < -0.39 is 0 Å². The van der Waals surface area contributed by atoms with E-state index in [-0.39, 0.29) is 7.43 Å². The van der Waals surface area contributed by atoms with Crippen LogP contribution in [0.3, 0.4) is 0 Å². The first-order valence-corrected chi connectivity index (χ1v) is 5.36. The van der Waals surface area contributed by atoms with Gasteiger partial charge in [-0.15, -0.1) is 0 Å². The summed E-state index contributed by atoms with van der Waals surface area (Å²) in [6, 6.07) is 6.86. The number of benzene rings is 1. The number of hydrogen-bond acceptors (Lipinski definition) is 0. The number of rotatable bonds is 4. The normalized spacial score (nSPS) is 9.64. The zero-order valence-electron chi connectivity index (χ0n) is 9.06. The number of aryl methyl sites for hydroxylation is 3. The molecular formula is C14H24. The summed E-state index contributed by atoms with van der Waals surface area (Å²) < 4.78 is 0. The van der Waals surface area contributed by atoms with Crippen LogP contribution >= 0.6 is 0 Å². The van der Waals surface area contributed by atoms with Gasteiger partial charge in [0.15, 0.2) is 0 Å². The maximum absolute atomic E-state index is 2.37. The van der Waals surface area contributed by atoms with Crippen LogP contribution < -0.4 is 0 Å². The molecule has 0 spiro atoms. The van der Waals surface area contributed by atoms with E-state index in [4.69, 9.17) is 0 Å². The second kappa shape index (κ2) is 6.64. The van der Waals surface area contributed by atoms with Gasteiger partial charge in [-0.3, -0.25) is 0 Å². The number of hydrogen-bond donors (Lipinski definition) is 0. The van der Waals surface area contributed by atoms with Gasteiger partial charge in [-0.25, -0.2) is 0 Å². The second-order valence-corrected chi connectivity index (χ2v) is 3.72. The van der Waals surface area contributed by atoms with Crippen LogP contribution in [0.2, 0.25) is 0 Å². The molecule has 0 aliphatic rings. The van der Waals surface area contributed by atoms with E-state index in [2.05, 4.69) is 39.0 Å². The Labute approximate surface area is 89.4 Å². The van der Waals surface area contributed by atoms with Crippen molar-refractivity contribution in [1.29, 1.82) is 0 Å². The molecule has 0 unspecified atom stereocenters. The van der Waals surface area contributed by atoms with Crippen LogP contribution in [-0.2, 0) is 12.8 Å². The smallest absolute Gasteiger partial charge is 0.0276 e. The van der Waals surface area contributed by atoms with Crippen LogP contribution in [0.15, 0.2) is 18.2 Å². The Morgan fingerprint density at radius 1 is 1.14 bits per heavy atom. The lowest BCUT2D eigenvalue weighted by Crippen LogP contribution is -1.91. The molecule has 0 aromatic heterocycles. The second-order valence-electron chi connectivity index (χ2n) is 3.72. The van der Waals surface area contributed by atoms with Crippen LogP contribution in [0.5, 0.6) is 0 Å². The van der Waals surface area contributed by atoms with Gasteiger partial charge in [0.1, 0.15) is 0 Å². The molecule has 1 aromatic carbocycles. The predicted octanol–water partition coefficient (Wildman–Crippen LogP) is 4.54. The highest BCUT2D eigenvalue weighted by Gasteiger charge is 1.98. The summed E-state index contributed by atoms with van der Waals surface area (Å²) in [5.41, 5.74) is 4.46. The van der Waals surface area contributed by atoms with Gasteiger partial charge in [-0.05, 0) is 42.9 Å². The maximum atomic E-state index is 2.37. The fourth-order valence-corrected chi connectivity index (χ4v) is 1.58. The van der Waals surface area contributed by atoms with Gasteiger partial charge in [0.2, 0.25) is 0 Å². The molecule has 0 amide bonds. The topological polar surface area (TPSA) is 0 Å². The van der Waals surface area contributed by atoms with Crippen molar-refractivity contribution < 1.29 is 0 Å². The molecule has 0 radical (unpaired) electrons. The average Bonchev–Trinajstić information content (AvgIpc) is 2.17. The minimum absolute atomic E-state index is 0. The standard InChI is InChI=1S/C13H20.CH4/c1-4-6-7-13-10-12(5-2)9-8-11(13)3;/h8-10H,4-7H2,1-3H3;1H4. The molecule has 0 fully saturated rings. The minimum Gasteiger partial charge on any atom is -0.0776 e. The molecule has 0 saturated heterocycles. The zero-order valence-corrected chi connectivity index (χ0v) is 9.06. The van der Waals surface area contributed by atoms with Crippen LogP contribution in [0, 0.1) is 6.92 Å². The predicted molar refractivity (Wildman–Crippen MR) is 65.9 cm³/mol. The Bertz CT molecular complexity index is 261. The van der Waals surface area contributed by atoms with E-state index in [1.807, 2.05) is 0 Å². The quantitative estimate of drug-likeness (QED) is 0.657. The minimum atomic E-state index is 0. The Kier molecular flexibility index (Phi) is 6.27. The molecule has 0 saturated carbocycles. The molecule has 80 valence electrons. The molecule has 1 rings (SSSR count). The fourth-order valence-electron chi connectivity index (χ4n) is 1.58. The van der Waals surface area contributed by atoms with Gasteiger partial charge in [0.25, 0.3) is 0 Å². The van der Waals surface area contributed by atoms with Gasteiger partial charge in [-0.1, -0.05) is 45.9 Å². The van der Waals surface area contributed by atoms with Gasteiger partial charge in [-0.2, -0.15) is 0 Å². The van der Waals surface area contributed by atoms with Crippen LogP contribution in [-0.4, -0.2) is 0 Å². The third-order valence-electron chi connectivity index (χ3n) is 2.62. The Balaban J connectivity index is 0.00000169. The summed E-state index contributed by atoms with van der Waals surface area (Å²) in [4.78, 5) is 0. The maximum Gasteiger partial charge on any atom is -0.0276 e. The Morgan fingerprint density at radius 3 is 2.43 bits per heavy atom. The van der Waals surface area contributed by atoms with Crippen molar-refractivity contribution in [2.75, 3.05) is 0 Å². The highest BCUT2D eigenvalue weighted by molar-refractivity contribution is 5.31. The van der Waals surface area contributed by atoms with Crippen molar-refractivity contribution in [3.05, 3.63) is 34.9 Å². The summed E-state index contributed by atoms with van der Waals surface area (Å²) in [5.74, 6) is 0. The summed E-state index contributed by atoms with van der Waals surface area (Å²) >= 11 is 0. The van der Waals surface area contributed by atoms with Crippen molar-refractivity contribution >= 4 is 0 Å². The first kappa shape index (κ1) is 13.2. The molecule has 1 aromatic rings. The molecule has 0 heteroatoms. The summed E-state index contributed by atoms with van der Waals surface area (Å²) in [6.07, 6.45) is 5.00. The van der Waals surface area contributed by atoms with E-state index in [1.165, 1.54) is 30.4 Å². The SMILES string of the molecule is C.CCCCc1cc(CC)ccc1C. The van der Waals surface area contributed by atoms with E-state index in [1.54, 1.807) is 5.56 Å². The summed E-state index contributed by atoms with van der Waals surface area (Å²) in [7, 11) is 0. The van der Waals surface area contributed by atoms with Gasteiger partial charge in [0.05, 0.1) is 0 Å². The highest BCUT2D eigenvalue weighted by Crippen LogP contribution is 2.14. The number of unbranched alkanes of at least 4 members (excludes halogenated alkanes) is 1. The van der Waals surface area contributed by atoms with Crippen molar-refractivity contribution in [3.8, 4) is 0 Å². The molecule has 0 aliphatic carbocycles. The summed E-state index contributed by atoms with van der Waals surface area (Å²) in [5, 5.41) is 0. The van der Waals surface area contributed by atoms with Crippen LogP contribution in [0.1, 0.15) is 50.8 Å². The highest BCUT2D eigenvalue weighted by atomic mass is 14.0. The zero-order chi connectivity index (χ0) is 9.68. The molecule has 0 heterocycles. The Hall–Kier alpha value is -0.780. The molecule has 0 bridgehead atoms. The lowest BCUT2D eigenvalue weighted by Gasteiger charge is -2.06. The largest absolute Gasteiger partial charge is 0.0776 e. The molecule has 14 heavy (non-hydrogen) atoms. The fraction of sp³-hybridized carbons (Fsp3) is 0.571. The lowest BCUT2D eigenvalue weighted by molar-refractivity contribution is 0.790. The van der Waals surface area contributed by atoms with Gasteiger partial charge >= 0.3 is 0 Å². The van der Waals surface area contributed by atoms with Crippen LogP contribution in [0.25, 0.3) is 0 Å². The average molecular weight is 192 g/mol. The summed E-state index contributed by atoms with van der Waals surface area (Å²) in [6.45, 7) is 6.68. The molecule has 0 N–H and O–H groups in total. The van der Waals surface area contributed by atoms with Crippen molar-refractivity contribution in [3.63, 3.8) is 0 Å². The first-order valence-electron chi connectivity index (χ1n) is 5.36. The van der Waals surface area contributed by atoms with E-state index >= 15 is 0 Å². The monoisotopic (exact) mass is 192 g/mol. The molecule has 0 aliphatic heterocycles. The first-order chi connectivity index (χ1) is 6.27. The third kappa shape index (κ3) is 3.53. The van der Waals surface area contributed by atoms with Crippen molar-refractivity contribution in [2.24, 2.45) is 0 Å². The van der Waals surface area contributed by atoms with E-state index in [0.717, 1.165) is 6.42 Å². The molecular weight excluding hydrogens is 168 g/mol. The van der Waals surface area contributed by atoms with E-state index in [0.29, 0.717) is 0 Å². The van der Waals surface area contributed by atoms with E-state index in [9.17, 15) is 0 Å². The molecule has 0 nitrogen and oxygen atoms in total. The van der Waals surface area contributed by atoms with Gasteiger partial charge in [0, 0.05) is 0 Å². The Morgan fingerprint density at radius 2 is 1.86 bits per heavy atom.